The molecule has 0 aromatic rings. The van der Waals surface area contributed by atoms with Crippen LogP contribution < -0.4 is 5.73 Å². The van der Waals surface area contributed by atoms with Crippen molar-refractivity contribution in [2.75, 3.05) is 52.5 Å². The molecule has 2 saturated heterocycles. The Hall–Kier alpha value is -0.370. The van der Waals surface area contributed by atoms with Crippen LogP contribution in [-0.2, 0) is 4.74 Å². The summed E-state index contributed by atoms with van der Waals surface area (Å²) in [6.45, 7) is 3.22. The Morgan fingerprint density at radius 3 is 2.32 bits per heavy atom. The summed E-state index contributed by atoms with van der Waals surface area (Å²) < 4.78 is 42.5. The van der Waals surface area contributed by atoms with Crippen LogP contribution in [0.4, 0.5) is 13.2 Å². The minimum Gasteiger partial charge on any atom is -0.379 e. The number of halogens is 3. The molecule has 7 heteroatoms. The van der Waals surface area contributed by atoms with Gasteiger partial charge in [-0.25, -0.2) is 0 Å². The Morgan fingerprint density at radius 1 is 1.16 bits per heavy atom. The molecule has 0 aliphatic carbocycles. The van der Waals surface area contributed by atoms with E-state index in [1.165, 1.54) is 4.90 Å². The number of nitrogens with two attached hydrogens (primary N) is 1. The third kappa shape index (κ3) is 3.81. The number of hydrogen-bond donors (Lipinski definition) is 1. The summed E-state index contributed by atoms with van der Waals surface area (Å²) in [5.41, 5.74) is 5.73. The quantitative estimate of drug-likeness (QED) is 0.826. The van der Waals surface area contributed by atoms with Crippen LogP contribution in [0.5, 0.6) is 0 Å². The monoisotopic (exact) mass is 281 g/mol. The zero-order valence-electron chi connectivity index (χ0n) is 11.1. The van der Waals surface area contributed by atoms with Crippen LogP contribution in [0.3, 0.4) is 0 Å². The lowest BCUT2D eigenvalue weighted by molar-refractivity contribution is -0.153. The van der Waals surface area contributed by atoms with Gasteiger partial charge >= 0.3 is 6.18 Å². The van der Waals surface area contributed by atoms with Gasteiger partial charge < -0.3 is 10.5 Å². The predicted octanol–water partition coefficient (Wildman–Crippen LogP) is 0.674. The lowest BCUT2D eigenvalue weighted by Crippen LogP contribution is -2.63. The van der Waals surface area contributed by atoms with Gasteiger partial charge in [-0.1, -0.05) is 0 Å². The molecule has 2 aliphatic rings. The minimum atomic E-state index is -4.11. The summed E-state index contributed by atoms with van der Waals surface area (Å²) >= 11 is 0. The van der Waals surface area contributed by atoms with E-state index in [1.54, 1.807) is 0 Å². The van der Waals surface area contributed by atoms with Crippen molar-refractivity contribution in [3.05, 3.63) is 0 Å². The highest BCUT2D eigenvalue weighted by atomic mass is 19.4. The molecule has 2 heterocycles. The van der Waals surface area contributed by atoms with Crippen LogP contribution in [0.2, 0.25) is 0 Å². The lowest BCUT2D eigenvalue weighted by Gasteiger charge is -2.49. The van der Waals surface area contributed by atoms with Crippen LogP contribution in [-0.4, -0.2) is 74.0 Å². The predicted molar refractivity (Wildman–Crippen MR) is 65.9 cm³/mol. The van der Waals surface area contributed by atoms with Crippen molar-refractivity contribution in [2.24, 2.45) is 5.73 Å². The van der Waals surface area contributed by atoms with E-state index >= 15 is 0 Å². The summed E-state index contributed by atoms with van der Waals surface area (Å²) in [6, 6.07) is 0. The SMILES string of the molecule is NCC1(N2CCN(CC(F)(F)F)CC2)CCCOC1. The second-order valence-corrected chi connectivity index (χ2v) is 5.46. The third-order valence-corrected chi connectivity index (χ3v) is 4.13. The maximum Gasteiger partial charge on any atom is 0.401 e. The van der Waals surface area contributed by atoms with E-state index in [9.17, 15) is 13.2 Å². The number of alkyl halides is 3. The van der Waals surface area contributed by atoms with E-state index in [0.717, 1.165) is 19.4 Å². The number of ether oxygens (including phenoxy) is 1. The van der Waals surface area contributed by atoms with Crippen LogP contribution in [0.15, 0.2) is 0 Å². The molecule has 19 heavy (non-hydrogen) atoms. The van der Waals surface area contributed by atoms with Crippen LogP contribution in [0.25, 0.3) is 0 Å². The number of hydrogen-bond acceptors (Lipinski definition) is 4. The summed E-state index contributed by atoms with van der Waals surface area (Å²) in [5.74, 6) is 0. The number of piperazine rings is 1. The van der Waals surface area contributed by atoms with Crippen LogP contribution in [0.1, 0.15) is 12.8 Å². The summed E-state index contributed by atoms with van der Waals surface area (Å²) in [5, 5.41) is 0. The van der Waals surface area contributed by atoms with Gasteiger partial charge in [0.15, 0.2) is 0 Å². The van der Waals surface area contributed by atoms with Crippen molar-refractivity contribution in [3.63, 3.8) is 0 Å². The Kier molecular flexibility index (Phi) is 4.70. The normalized spacial score (nSPS) is 31.6. The molecule has 0 amide bonds. The second-order valence-electron chi connectivity index (χ2n) is 5.46. The first-order valence-electron chi connectivity index (χ1n) is 6.77. The minimum absolute atomic E-state index is 0.164. The van der Waals surface area contributed by atoms with Crippen molar-refractivity contribution >= 4 is 0 Å². The number of nitrogens with zero attached hydrogens (tertiary/aromatic N) is 2. The molecule has 2 rings (SSSR count). The molecule has 2 aliphatic heterocycles. The number of rotatable bonds is 3. The average Bonchev–Trinajstić information content (AvgIpc) is 2.38. The fraction of sp³-hybridized carbons (Fsp3) is 1.00. The van der Waals surface area contributed by atoms with Gasteiger partial charge in [0.25, 0.3) is 0 Å². The van der Waals surface area contributed by atoms with E-state index in [0.29, 0.717) is 39.3 Å². The maximum absolute atomic E-state index is 12.3. The first-order chi connectivity index (χ1) is 8.95. The Morgan fingerprint density at radius 2 is 1.84 bits per heavy atom. The van der Waals surface area contributed by atoms with E-state index in [2.05, 4.69) is 4.90 Å². The molecule has 0 bridgehead atoms. The highest BCUT2D eigenvalue weighted by Crippen LogP contribution is 2.27. The third-order valence-electron chi connectivity index (χ3n) is 4.13. The molecule has 0 radical (unpaired) electrons. The Balaban J connectivity index is 1.88. The molecular weight excluding hydrogens is 259 g/mol. The zero-order chi connectivity index (χ0) is 13.9. The van der Waals surface area contributed by atoms with Gasteiger partial charge in [-0.15, -0.1) is 0 Å². The van der Waals surface area contributed by atoms with Gasteiger partial charge in [0.2, 0.25) is 0 Å². The fourth-order valence-corrected chi connectivity index (χ4v) is 3.01. The van der Waals surface area contributed by atoms with Gasteiger partial charge in [-0.2, -0.15) is 13.2 Å². The van der Waals surface area contributed by atoms with Gasteiger partial charge in [-0.05, 0) is 12.8 Å². The summed E-state index contributed by atoms with van der Waals surface area (Å²) in [6.07, 6.45) is -2.16. The van der Waals surface area contributed by atoms with E-state index in [-0.39, 0.29) is 5.54 Å². The smallest absolute Gasteiger partial charge is 0.379 e. The zero-order valence-corrected chi connectivity index (χ0v) is 11.1. The highest BCUT2D eigenvalue weighted by molar-refractivity contribution is 4.95. The van der Waals surface area contributed by atoms with Crippen LogP contribution >= 0.6 is 0 Å². The molecule has 112 valence electrons. The lowest BCUT2D eigenvalue weighted by atomic mass is 9.89. The summed E-state index contributed by atoms with van der Waals surface area (Å²) in [7, 11) is 0. The summed E-state index contributed by atoms with van der Waals surface area (Å²) in [4.78, 5) is 3.68. The van der Waals surface area contributed by atoms with Crippen molar-refractivity contribution in [1.29, 1.82) is 0 Å². The van der Waals surface area contributed by atoms with Crippen molar-refractivity contribution < 1.29 is 17.9 Å². The molecule has 0 aromatic heterocycles. The molecule has 2 N–H and O–H groups in total. The first kappa shape index (κ1) is 15.0. The highest BCUT2D eigenvalue weighted by Gasteiger charge is 2.40. The maximum atomic E-state index is 12.3. The molecule has 0 saturated carbocycles. The first-order valence-corrected chi connectivity index (χ1v) is 6.77. The van der Waals surface area contributed by atoms with Gasteiger partial charge in [0, 0.05) is 39.3 Å². The van der Waals surface area contributed by atoms with Crippen molar-refractivity contribution in [3.8, 4) is 0 Å². The van der Waals surface area contributed by atoms with E-state index in [4.69, 9.17) is 10.5 Å². The molecule has 1 unspecified atom stereocenters. The topological polar surface area (TPSA) is 41.7 Å². The largest absolute Gasteiger partial charge is 0.401 e. The molecular formula is C12H22F3N3O. The van der Waals surface area contributed by atoms with Crippen LogP contribution in [0, 0.1) is 0 Å². The molecule has 4 nitrogen and oxygen atoms in total. The Bertz CT molecular complexity index is 284. The second kappa shape index (κ2) is 5.95. The van der Waals surface area contributed by atoms with Crippen molar-refractivity contribution in [1.82, 2.24) is 9.80 Å². The van der Waals surface area contributed by atoms with Gasteiger partial charge in [0.05, 0.1) is 18.7 Å². The molecule has 0 spiro atoms. The van der Waals surface area contributed by atoms with E-state index < -0.39 is 12.7 Å². The fourth-order valence-electron chi connectivity index (χ4n) is 3.01. The standard InChI is InChI=1S/C12H22F3N3O/c13-12(14,15)9-17-3-5-18(6-4-17)11(8-16)2-1-7-19-10-11/h1-10,16H2. The van der Waals surface area contributed by atoms with Crippen molar-refractivity contribution in [2.45, 2.75) is 24.6 Å². The molecule has 2 fully saturated rings. The molecule has 1 atom stereocenters. The van der Waals surface area contributed by atoms with Gasteiger partial charge in [-0.3, -0.25) is 9.80 Å². The average molecular weight is 281 g/mol. The van der Waals surface area contributed by atoms with Gasteiger partial charge in [0.1, 0.15) is 0 Å². The van der Waals surface area contributed by atoms with E-state index in [1.807, 2.05) is 0 Å². The Labute approximate surface area is 111 Å². The molecule has 0 aromatic carbocycles.